The number of aliphatic imine (C=N–C) groups is 1. The summed E-state index contributed by atoms with van der Waals surface area (Å²) < 4.78 is 12.8. The molecule has 2 aromatic rings. The number of hydrogen-bond acceptors (Lipinski definition) is 4. The van der Waals surface area contributed by atoms with Gasteiger partial charge in [0, 0.05) is 10.6 Å². The molecule has 6 heteroatoms. The van der Waals surface area contributed by atoms with Crippen LogP contribution in [0.3, 0.4) is 0 Å². The molecule has 0 bridgehead atoms. The highest BCUT2D eigenvalue weighted by molar-refractivity contribution is 8.18. The Labute approximate surface area is 123 Å². The number of thioether (sulfide) groups is 1. The number of hydrogen-bond donors (Lipinski definition) is 1. The zero-order valence-electron chi connectivity index (χ0n) is 10.2. The Morgan fingerprint density at radius 3 is 2.70 bits per heavy atom. The van der Waals surface area contributed by atoms with Crippen molar-refractivity contribution in [2.75, 3.05) is 5.32 Å². The summed E-state index contributed by atoms with van der Waals surface area (Å²) in [5.41, 5.74) is 0.697. The van der Waals surface area contributed by atoms with E-state index in [0.717, 1.165) is 4.88 Å². The van der Waals surface area contributed by atoms with E-state index in [-0.39, 0.29) is 11.7 Å². The van der Waals surface area contributed by atoms with Crippen LogP contribution in [-0.2, 0) is 4.79 Å². The Morgan fingerprint density at radius 1 is 1.20 bits per heavy atom. The Kier molecular flexibility index (Phi) is 3.66. The zero-order chi connectivity index (χ0) is 13.9. The summed E-state index contributed by atoms with van der Waals surface area (Å²) in [4.78, 5) is 17.3. The van der Waals surface area contributed by atoms with Crippen molar-refractivity contribution in [2.45, 2.75) is 0 Å². The van der Waals surface area contributed by atoms with Crippen molar-refractivity contribution in [1.82, 2.24) is 0 Å². The van der Waals surface area contributed by atoms with E-state index in [2.05, 4.69) is 10.3 Å². The normalized spacial score (nSPS) is 16.6. The molecule has 0 aliphatic carbocycles. The Balaban J connectivity index is 1.73. The lowest BCUT2D eigenvalue weighted by Crippen LogP contribution is -2.04. The molecule has 100 valence electrons. The molecule has 1 aliphatic rings. The third-order valence-corrected chi connectivity index (χ3v) is 4.25. The van der Waals surface area contributed by atoms with E-state index in [1.807, 2.05) is 23.6 Å². The second kappa shape index (κ2) is 5.60. The molecule has 2 heterocycles. The van der Waals surface area contributed by atoms with Crippen LogP contribution in [0.4, 0.5) is 10.1 Å². The van der Waals surface area contributed by atoms with Crippen molar-refractivity contribution in [2.24, 2.45) is 4.99 Å². The highest BCUT2D eigenvalue weighted by atomic mass is 32.2. The lowest BCUT2D eigenvalue weighted by Gasteiger charge is -2.03. The zero-order valence-corrected chi connectivity index (χ0v) is 11.8. The van der Waals surface area contributed by atoms with E-state index < -0.39 is 0 Å². The van der Waals surface area contributed by atoms with Crippen LogP contribution >= 0.6 is 23.1 Å². The number of amidine groups is 1. The smallest absolute Gasteiger partial charge is 0.286 e. The molecule has 0 spiro atoms. The van der Waals surface area contributed by atoms with Crippen LogP contribution in [-0.4, -0.2) is 11.1 Å². The van der Waals surface area contributed by atoms with E-state index in [0.29, 0.717) is 15.8 Å². The molecule has 3 rings (SSSR count). The number of thiophene rings is 1. The molecule has 1 N–H and O–H groups in total. The number of carbonyl (C=O) groups excluding carboxylic acids is 1. The molecule has 0 unspecified atom stereocenters. The maximum atomic E-state index is 12.8. The van der Waals surface area contributed by atoms with Crippen molar-refractivity contribution in [1.29, 1.82) is 0 Å². The number of carbonyl (C=O) groups is 1. The van der Waals surface area contributed by atoms with Gasteiger partial charge >= 0.3 is 0 Å². The molecule has 0 radical (unpaired) electrons. The third-order valence-electron chi connectivity index (χ3n) is 2.53. The SMILES string of the molecule is O=C1N=C(Nc2ccc(F)cc2)SC1=Cc1cccs1. The minimum atomic E-state index is -0.300. The number of nitrogens with one attached hydrogen (secondary N) is 1. The van der Waals surface area contributed by atoms with Gasteiger partial charge in [-0.3, -0.25) is 4.79 Å². The first-order valence-electron chi connectivity index (χ1n) is 5.79. The van der Waals surface area contributed by atoms with E-state index in [1.54, 1.807) is 23.5 Å². The largest absolute Gasteiger partial charge is 0.334 e. The highest BCUT2D eigenvalue weighted by Crippen LogP contribution is 2.30. The number of nitrogens with zero attached hydrogens (tertiary/aromatic N) is 1. The topological polar surface area (TPSA) is 41.5 Å². The molecule has 0 saturated carbocycles. The molecular weight excluding hydrogens is 295 g/mol. The van der Waals surface area contributed by atoms with E-state index in [9.17, 15) is 9.18 Å². The third kappa shape index (κ3) is 2.97. The molecule has 20 heavy (non-hydrogen) atoms. The number of halogens is 1. The van der Waals surface area contributed by atoms with Crippen LogP contribution in [0.2, 0.25) is 0 Å². The summed E-state index contributed by atoms with van der Waals surface area (Å²) >= 11 is 2.84. The van der Waals surface area contributed by atoms with Crippen LogP contribution in [0, 0.1) is 5.82 Å². The van der Waals surface area contributed by atoms with Gasteiger partial charge in [-0.05, 0) is 53.5 Å². The number of amides is 1. The van der Waals surface area contributed by atoms with Gasteiger partial charge in [0.1, 0.15) is 5.82 Å². The quantitative estimate of drug-likeness (QED) is 0.854. The van der Waals surface area contributed by atoms with Gasteiger partial charge in [0.15, 0.2) is 5.17 Å². The molecule has 0 saturated heterocycles. The summed E-state index contributed by atoms with van der Waals surface area (Å²) in [6, 6.07) is 9.78. The summed E-state index contributed by atoms with van der Waals surface area (Å²) in [6.45, 7) is 0. The Morgan fingerprint density at radius 2 is 2.00 bits per heavy atom. The lowest BCUT2D eigenvalue weighted by molar-refractivity contribution is -0.113. The van der Waals surface area contributed by atoms with Crippen molar-refractivity contribution in [3.63, 3.8) is 0 Å². The minimum Gasteiger partial charge on any atom is -0.334 e. The Hall–Kier alpha value is -1.92. The molecule has 0 fully saturated rings. The van der Waals surface area contributed by atoms with Crippen LogP contribution < -0.4 is 5.32 Å². The van der Waals surface area contributed by atoms with Crippen LogP contribution in [0.5, 0.6) is 0 Å². The second-order valence-electron chi connectivity index (χ2n) is 3.98. The van der Waals surface area contributed by atoms with Gasteiger partial charge in [-0.25, -0.2) is 4.39 Å². The number of rotatable bonds is 2. The van der Waals surface area contributed by atoms with Crippen molar-refractivity contribution in [3.8, 4) is 0 Å². The van der Waals surface area contributed by atoms with Crippen molar-refractivity contribution >= 4 is 45.9 Å². The maximum absolute atomic E-state index is 12.8. The average molecular weight is 304 g/mol. The summed E-state index contributed by atoms with van der Waals surface area (Å²) in [7, 11) is 0. The minimum absolute atomic E-state index is 0.256. The fraction of sp³-hybridized carbons (Fsp3) is 0. The van der Waals surface area contributed by atoms with Crippen LogP contribution in [0.25, 0.3) is 6.08 Å². The van der Waals surface area contributed by atoms with Gasteiger partial charge in [0.25, 0.3) is 5.91 Å². The predicted octanol–water partition coefficient (Wildman–Crippen LogP) is 3.97. The van der Waals surface area contributed by atoms with Gasteiger partial charge in [-0.15, -0.1) is 11.3 Å². The molecular formula is C14H9FN2OS2. The maximum Gasteiger partial charge on any atom is 0.286 e. The van der Waals surface area contributed by atoms with Crippen LogP contribution in [0.1, 0.15) is 4.88 Å². The molecule has 1 aromatic carbocycles. The summed E-state index contributed by atoms with van der Waals surface area (Å²) in [5.74, 6) is -0.557. The van der Waals surface area contributed by atoms with Crippen LogP contribution in [0.15, 0.2) is 51.7 Å². The molecule has 1 aromatic heterocycles. The van der Waals surface area contributed by atoms with E-state index in [4.69, 9.17) is 0 Å². The first-order valence-corrected chi connectivity index (χ1v) is 7.49. The van der Waals surface area contributed by atoms with E-state index >= 15 is 0 Å². The van der Waals surface area contributed by atoms with Crippen molar-refractivity contribution in [3.05, 3.63) is 57.4 Å². The number of anilines is 1. The average Bonchev–Trinajstić information content (AvgIpc) is 3.04. The van der Waals surface area contributed by atoms with Gasteiger partial charge in [0.05, 0.1) is 4.91 Å². The first kappa shape index (κ1) is 13.1. The highest BCUT2D eigenvalue weighted by Gasteiger charge is 2.22. The molecule has 0 atom stereocenters. The molecule has 1 aliphatic heterocycles. The summed E-state index contributed by atoms with van der Waals surface area (Å²) in [5, 5.41) is 5.45. The summed E-state index contributed by atoms with van der Waals surface area (Å²) in [6.07, 6.45) is 1.82. The fourth-order valence-electron chi connectivity index (χ4n) is 1.62. The van der Waals surface area contributed by atoms with Gasteiger partial charge < -0.3 is 5.32 Å². The van der Waals surface area contributed by atoms with Crippen molar-refractivity contribution < 1.29 is 9.18 Å². The van der Waals surface area contributed by atoms with Gasteiger partial charge in [-0.1, -0.05) is 6.07 Å². The van der Waals surface area contributed by atoms with E-state index in [1.165, 1.54) is 23.9 Å². The predicted molar refractivity (Wildman–Crippen MR) is 82.4 cm³/mol. The van der Waals surface area contributed by atoms with Gasteiger partial charge in [0.2, 0.25) is 0 Å². The number of benzene rings is 1. The molecule has 1 amide bonds. The standard InChI is InChI=1S/C14H9FN2OS2/c15-9-3-5-10(6-4-9)16-14-17-13(18)12(20-14)8-11-2-1-7-19-11/h1-8H,(H,16,17,18). The van der Waals surface area contributed by atoms with Gasteiger partial charge in [-0.2, -0.15) is 4.99 Å². The first-order chi connectivity index (χ1) is 9.70. The Bertz CT molecular complexity index is 690. The second-order valence-corrected chi connectivity index (χ2v) is 5.99. The monoisotopic (exact) mass is 304 g/mol. The molecule has 3 nitrogen and oxygen atoms in total. The fourth-order valence-corrected chi connectivity index (χ4v) is 3.18. The lowest BCUT2D eigenvalue weighted by atomic mass is 10.3.